The molecule has 1 heterocycles. The number of aromatic nitrogens is 2. The Morgan fingerprint density at radius 1 is 1.25 bits per heavy atom. The van der Waals surface area contributed by atoms with Crippen molar-refractivity contribution in [3.63, 3.8) is 0 Å². The molecule has 0 atom stereocenters. The maximum absolute atomic E-state index is 13.5. The largest absolute Gasteiger partial charge is 0.491 e. The summed E-state index contributed by atoms with van der Waals surface area (Å²) in [6.45, 7) is 2.22. The molecule has 2 N–H and O–H groups in total. The normalized spacial score (nSPS) is 21.0. The van der Waals surface area contributed by atoms with Gasteiger partial charge < -0.3 is 14.6 Å². The van der Waals surface area contributed by atoms with Crippen molar-refractivity contribution in [1.29, 1.82) is 0 Å². The standard InChI is InChI=1S/C17H22BFN2O3/c1-2-3-11-4-6-12(7-5-11)16-20-17(24-21-16)13-8-9-15(19)14(10-13)18(22)23/h8-12,22-23H,2-7H2,1H3. The van der Waals surface area contributed by atoms with Crippen LogP contribution in [-0.4, -0.2) is 27.3 Å². The number of halogens is 1. The highest BCUT2D eigenvalue weighted by molar-refractivity contribution is 6.58. The molecule has 1 saturated carbocycles. The molecule has 1 aliphatic carbocycles. The Morgan fingerprint density at radius 3 is 2.67 bits per heavy atom. The van der Waals surface area contributed by atoms with Crippen LogP contribution in [0, 0.1) is 11.7 Å². The van der Waals surface area contributed by atoms with Crippen LogP contribution in [0.4, 0.5) is 4.39 Å². The minimum absolute atomic E-state index is 0.202. The van der Waals surface area contributed by atoms with E-state index in [0.29, 0.717) is 17.3 Å². The Labute approximate surface area is 141 Å². The zero-order valence-corrected chi connectivity index (χ0v) is 13.8. The molecule has 2 aromatic rings. The zero-order valence-electron chi connectivity index (χ0n) is 13.8. The Kier molecular flexibility index (Phi) is 5.31. The molecular formula is C17H22BFN2O3. The lowest BCUT2D eigenvalue weighted by Gasteiger charge is -2.26. The van der Waals surface area contributed by atoms with Crippen molar-refractivity contribution in [3.8, 4) is 11.5 Å². The van der Waals surface area contributed by atoms with Crippen molar-refractivity contribution in [3.05, 3.63) is 29.8 Å². The SMILES string of the molecule is CCCC1CCC(c2noc(-c3ccc(F)c(B(O)O)c3)n2)CC1. The summed E-state index contributed by atoms with van der Waals surface area (Å²) in [5.41, 5.74) is 0.283. The molecule has 0 spiro atoms. The van der Waals surface area contributed by atoms with Gasteiger partial charge in [0.05, 0.1) is 0 Å². The van der Waals surface area contributed by atoms with E-state index < -0.39 is 12.9 Å². The van der Waals surface area contributed by atoms with Crippen molar-refractivity contribution in [2.45, 2.75) is 51.4 Å². The van der Waals surface area contributed by atoms with E-state index in [-0.39, 0.29) is 11.4 Å². The smallest absolute Gasteiger partial charge is 0.423 e. The van der Waals surface area contributed by atoms with E-state index in [4.69, 9.17) is 4.52 Å². The molecule has 7 heteroatoms. The van der Waals surface area contributed by atoms with Gasteiger partial charge in [0.1, 0.15) is 5.82 Å². The summed E-state index contributed by atoms with van der Waals surface area (Å²) in [5.74, 6) is 1.41. The van der Waals surface area contributed by atoms with E-state index in [1.165, 1.54) is 43.9 Å². The molecular weight excluding hydrogens is 310 g/mol. The van der Waals surface area contributed by atoms with Gasteiger partial charge in [0.2, 0.25) is 0 Å². The van der Waals surface area contributed by atoms with Crippen LogP contribution >= 0.6 is 0 Å². The molecule has 0 saturated heterocycles. The highest BCUT2D eigenvalue weighted by atomic mass is 19.1. The van der Waals surface area contributed by atoms with E-state index in [0.717, 1.165) is 18.8 Å². The summed E-state index contributed by atoms with van der Waals surface area (Å²) in [7, 11) is -1.87. The monoisotopic (exact) mass is 332 g/mol. The van der Waals surface area contributed by atoms with Gasteiger partial charge in [-0.2, -0.15) is 4.98 Å². The Balaban J connectivity index is 1.73. The first-order valence-corrected chi connectivity index (χ1v) is 8.58. The fourth-order valence-electron chi connectivity index (χ4n) is 3.51. The molecule has 3 rings (SSSR count). The maximum Gasteiger partial charge on any atom is 0.491 e. The number of rotatable bonds is 5. The van der Waals surface area contributed by atoms with Gasteiger partial charge >= 0.3 is 7.12 Å². The van der Waals surface area contributed by atoms with Crippen LogP contribution < -0.4 is 5.46 Å². The van der Waals surface area contributed by atoms with Crippen molar-refractivity contribution in [2.75, 3.05) is 0 Å². The predicted molar refractivity (Wildman–Crippen MR) is 89.1 cm³/mol. The summed E-state index contributed by atoms with van der Waals surface area (Å²) in [5, 5.41) is 22.5. The second-order valence-corrected chi connectivity index (χ2v) is 6.57. The summed E-state index contributed by atoms with van der Waals surface area (Å²) >= 11 is 0. The van der Waals surface area contributed by atoms with Gasteiger partial charge in [-0.3, -0.25) is 0 Å². The van der Waals surface area contributed by atoms with Crippen molar-refractivity contribution >= 4 is 12.6 Å². The average Bonchev–Trinajstić information content (AvgIpc) is 3.06. The predicted octanol–water partition coefficient (Wildman–Crippen LogP) is 2.63. The maximum atomic E-state index is 13.5. The van der Waals surface area contributed by atoms with Crippen LogP contribution in [0.3, 0.4) is 0 Å². The van der Waals surface area contributed by atoms with Crippen LogP contribution in [0.5, 0.6) is 0 Å². The number of hydrogen-bond donors (Lipinski definition) is 2. The molecule has 1 aromatic carbocycles. The second-order valence-electron chi connectivity index (χ2n) is 6.57. The molecule has 0 radical (unpaired) electrons. The first-order chi connectivity index (χ1) is 11.6. The van der Waals surface area contributed by atoms with Crippen LogP contribution in [0.15, 0.2) is 22.7 Å². The van der Waals surface area contributed by atoms with Crippen LogP contribution in [0.25, 0.3) is 11.5 Å². The van der Waals surface area contributed by atoms with E-state index in [9.17, 15) is 14.4 Å². The van der Waals surface area contributed by atoms with Gasteiger partial charge in [-0.05, 0) is 49.8 Å². The second kappa shape index (κ2) is 7.44. The van der Waals surface area contributed by atoms with E-state index in [1.807, 2.05) is 0 Å². The van der Waals surface area contributed by atoms with Gasteiger partial charge in [0.25, 0.3) is 5.89 Å². The number of nitrogens with zero attached hydrogens (tertiary/aromatic N) is 2. The van der Waals surface area contributed by atoms with Gasteiger partial charge in [0.15, 0.2) is 5.82 Å². The summed E-state index contributed by atoms with van der Waals surface area (Å²) < 4.78 is 18.9. The van der Waals surface area contributed by atoms with Crippen molar-refractivity contribution < 1.29 is 19.0 Å². The fraction of sp³-hybridized carbons (Fsp3) is 0.529. The van der Waals surface area contributed by atoms with Crippen LogP contribution in [0.2, 0.25) is 0 Å². The van der Waals surface area contributed by atoms with Crippen LogP contribution in [0.1, 0.15) is 57.2 Å². The molecule has 0 bridgehead atoms. The van der Waals surface area contributed by atoms with Crippen molar-refractivity contribution in [1.82, 2.24) is 10.1 Å². The molecule has 0 amide bonds. The molecule has 1 aliphatic rings. The fourth-order valence-corrected chi connectivity index (χ4v) is 3.51. The Hall–Kier alpha value is -1.73. The Bertz CT molecular complexity index is 684. The minimum Gasteiger partial charge on any atom is -0.423 e. The van der Waals surface area contributed by atoms with E-state index in [1.54, 1.807) is 0 Å². The third-order valence-electron chi connectivity index (χ3n) is 4.87. The first kappa shape index (κ1) is 17.1. The lowest BCUT2D eigenvalue weighted by molar-refractivity contribution is 0.296. The van der Waals surface area contributed by atoms with E-state index in [2.05, 4.69) is 17.1 Å². The molecule has 5 nitrogen and oxygen atoms in total. The summed E-state index contributed by atoms with van der Waals surface area (Å²) in [6.07, 6.45) is 7.03. The van der Waals surface area contributed by atoms with Gasteiger partial charge in [0, 0.05) is 16.9 Å². The minimum atomic E-state index is -1.87. The third-order valence-corrected chi connectivity index (χ3v) is 4.87. The molecule has 0 unspecified atom stereocenters. The molecule has 1 fully saturated rings. The topological polar surface area (TPSA) is 79.4 Å². The molecule has 24 heavy (non-hydrogen) atoms. The molecule has 128 valence electrons. The van der Waals surface area contributed by atoms with Gasteiger partial charge in [-0.25, -0.2) is 4.39 Å². The number of benzene rings is 1. The van der Waals surface area contributed by atoms with Crippen molar-refractivity contribution in [2.24, 2.45) is 5.92 Å². The lowest BCUT2D eigenvalue weighted by Crippen LogP contribution is -2.32. The van der Waals surface area contributed by atoms with Gasteiger partial charge in [-0.1, -0.05) is 24.9 Å². The zero-order chi connectivity index (χ0) is 17.1. The molecule has 0 aliphatic heterocycles. The highest BCUT2D eigenvalue weighted by Gasteiger charge is 2.26. The lowest BCUT2D eigenvalue weighted by atomic mass is 9.79. The average molecular weight is 332 g/mol. The quantitative estimate of drug-likeness (QED) is 0.823. The number of hydrogen-bond acceptors (Lipinski definition) is 5. The summed E-state index contributed by atoms with van der Waals surface area (Å²) in [6, 6.07) is 4.00. The third kappa shape index (κ3) is 3.67. The van der Waals surface area contributed by atoms with E-state index >= 15 is 0 Å². The Morgan fingerprint density at radius 2 is 2.00 bits per heavy atom. The summed E-state index contributed by atoms with van der Waals surface area (Å²) in [4.78, 5) is 4.44. The highest BCUT2D eigenvalue weighted by Crippen LogP contribution is 2.36. The molecule has 1 aromatic heterocycles. The van der Waals surface area contributed by atoms with Gasteiger partial charge in [-0.15, -0.1) is 0 Å². The first-order valence-electron chi connectivity index (χ1n) is 8.58. The van der Waals surface area contributed by atoms with Crippen LogP contribution in [-0.2, 0) is 0 Å².